The molecule has 4 fully saturated rings. The van der Waals surface area contributed by atoms with Gasteiger partial charge in [0.05, 0.1) is 10.6 Å². The van der Waals surface area contributed by atoms with Crippen molar-refractivity contribution in [3.8, 4) is 6.19 Å². The largest absolute Gasteiger partial charge is 0.271 e. The number of hydrogen-bond donors (Lipinski definition) is 2. The van der Waals surface area contributed by atoms with E-state index in [2.05, 4.69) is 15.0 Å². The Morgan fingerprint density at radius 2 is 1.70 bits per heavy atom. The SMILES string of the molecule is CSC(=Nc1ccc(S(=O)(=O)NC23CC4CC(CC(C4)C2)C3)cc1)NC#N. The Balaban J connectivity index is 1.52. The number of aliphatic imine (C=N–C) groups is 1. The molecule has 0 saturated heterocycles. The number of rotatable bonds is 4. The Morgan fingerprint density at radius 3 is 2.19 bits per heavy atom. The summed E-state index contributed by atoms with van der Waals surface area (Å²) in [5.74, 6) is 2.06. The molecular weight excluding hydrogens is 380 g/mol. The summed E-state index contributed by atoms with van der Waals surface area (Å²) in [4.78, 5) is 4.58. The summed E-state index contributed by atoms with van der Waals surface area (Å²) in [6, 6.07) is 6.52. The van der Waals surface area contributed by atoms with Gasteiger partial charge >= 0.3 is 0 Å². The quantitative estimate of drug-likeness (QED) is 0.347. The molecule has 2 N–H and O–H groups in total. The molecule has 8 heteroatoms. The van der Waals surface area contributed by atoms with Crippen molar-refractivity contribution in [1.82, 2.24) is 10.0 Å². The van der Waals surface area contributed by atoms with E-state index in [1.807, 2.05) is 12.4 Å². The molecule has 1 aromatic rings. The van der Waals surface area contributed by atoms with Gasteiger partial charge in [0.1, 0.15) is 0 Å². The van der Waals surface area contributed by atoms with Crippen molar-refractivity contribution in [2.75, 3.05) is 6.26 Å². The average Bonchev–Trinajstić information content (AvgIpc) is 2.59. The first-order chi connectivity index (χ1) is 12.9. The third-order valence-electron chi connectivity index (χ3n) is 6.12. The van der Waals surface area contributed by atoms with E-state index in [9.17, 15) is 8.42 Å². The normalized spacial score (nSPS) is 32.3. The monoisotopic (exact) mass is 404 g/mol. The van der Waals surface area contributed by atoms with Gasteiger partial charge in [-0.25, -0.2) is 18.1 Å². The van der Waals surface area contributed by atoms with Crippen molar-refractivity contribution in [1.29, 1.82) is 5.26 Å². The Kier molecular flexibility index (Phi) is 4.95. The molecule has 0 unspecified atom stereocenters. The van der Waals surface area contributed by atoms with E-state index >= 15 is 0 Å². The molecule has 4 saturated carbocycles. The van der Waals surface area contributed by atoms with Gasteiger partial charge in [-0.2, -0.15) is 5.26 Å². The Hall–Kier alpha value is -1.56. The number of sulfonamides is 1. The van der Waals surface area contributed by atoms with Gasteiger partial charge in [0.25, 0.3) is 0 Å². The minimum atomic E-state index is -3.56. The first kappa shape index (κ1) is 18.8. The molecule has 1 aromatic carbocycles. The molecule has 4 aliphatic rings. The van der Waals surface area contributed by atoms with Crippen LogP contribution in [0.1, 0.15) is 38.5 Å². The zero-order valence-corrected chi connectivity index (χ0v) is 16.9. The maximum absolute atomic E-state index is 13.0. The first-order valence-electron chi connectivity index (χ1n) is 9.33. The third-order valence-corrected chi connectivity index (χ3v) is 8.30. The first-order valence-corrected chi connectivity index (χ1v) is 12.0. The standard InChI is InChI=1S/C19H24N4O2S2/c1-26-18(21-12-20)22-16-2-4-17(5-3-16)27(24,25)23-19-9-13-6-14(10-19)8-15(7-13)11-19/h2-5,13-15,23H,6-11H2,1H3,(H,21,22). The molecule has 0 atom stereocenters. The summed E-state index contributed by atoms with van der Waals surface area (Å²) in [5.41, 5.74) is 0.364. The van der Waals surface area contributed by atoms with Crippen LogP contribution in [0.2, 0.25) is 0 Å². The molecule has 6 nitrogen and oxygen atoms in total. The number of hydrogen-bond acceptors (Lipinski definition) is 5. The predicted octanol–water partition coefficient (Wildman–Crippen LogP) is 3.35. The van der Waals surface area contributed by atoms with Crippen molar-refractivity contribution in [2.24, 2.45) is 22.7 Å². The van der Waals surface area contributed by atoms with Gasteiger partial charge in [0.2, 0.25) is 10.0 Å². The fraction of sp³-hybridized carbons (Fsp3) is 0.579. The van der Waals surface area contributed by atoms with E-state index in [4.69, 9.17) is 5.26 Å². The van der Waals surface area contributed by atoms with Gasteiger partial charge in [-0.1, -0.05) is 11.8 Å². The molecule has 144 valence electrons. The molecule has 4 bridgehead atoms. The average molecular weight is 405 g/mol. The van der Waals surface area contributed by atoms with Crippen LogP contribution < -0.4 is 10.0 Å². The van der Waals surface area contributed by atoms with Crippen molar-refractivity contribution in [2.45, 2.75) is 49.0 Å². The minimum Gasteiger partial charge on any atom is -0.271 e. The van der Waals surface area contributed by atoms with E-state index in [-0.39, 0.29) is 10.4 Å². The summed E-state index contributed by atoms with van der Waals surface area (Å²) >= 11 is 1.32. The molecular formula is C19H24N4O2S2. The van der Waals surface area contributed by atoms with E-state index in [1.54, 1.807) is 24.3 Å². The molecule has 0 spiro atoms. The summed E-state index contributed by atoms with van der Waals surface area (Å²) in [5, 5.41) is 11.7. The van der Waals surface area contributed by atoms with Crippen LogP contribution in [0.3, 0.4) is 0 Å². The van der Waals surface area contributed by atoms with Crippen LogP contribution >= 0.6 is 11.8 Å². The maximum Gasteiger partial charge on any atom is 0.241 e. The van der Waals surface area contributed by atoms with Crippen LogP contribution in [0.25, 0.3) is 0 Å². The second-order valence-corrected chi connectivity index (χ2v) is 10.6. The summed E-state index contributed by atoms with van der Waals surface area (Å²) in [6.45, 7) is 0. The zero-order chi connectivity index (χ0) is 19.1. The number of nitrogens with zero attached hydrogens (tertiary/aromatic N) is 2. The van der Waals surface area contributed by atoms with Gasteiger partial charge in [-0.05, 0) is 86.8 Å². The Labute approximate surface area is 164 Å². The Morgan fingerprint density at radius 1 is 1.15 bits per heavy atom. The van der Waals surface area contributed by atoms with Gasteiger partial charge in [-0.3, -0.25) is 5.32 Å². The molecule has 4 aliphatic carbocycles. The highest BCUT2D eigenvalue weighted by atomic mass is 32.2. The summed E-state index contributed by atoms with van der Waals surface area (Å²) in [7, 11) is -3.56. The molecule has 0 heterocycles. The second-order valence-electron chi connectivity index (χ2n) is 8.16. The summed E-state index contributed by atoms with van der Waals surface area (Å²) < 4.78 is 29.1. The molecule has 0 radical (unpaired) electrons. The maximum atomic E-state index is 13.0. The fourth-order valence-electron chi connectivity index (χ4n) is 5.57. The van der Waals surface area contributed by atoms with Crippen LogP contribution in [-0.4, -0.2) is 25.4 Å². The zero-order valence-electron chi connectivity index (χ0n) is 15.3. The number of amidine groups is 1. The highest BCUT2D eigenvalue weighted by molar-refractivity contribution is 8.13. The smallest absolute Gasteiger partial charge is 0.241 e. The van der Waals surface area contributed by atoms with Crippen molar-refractivity contribution in [3.63, 3.8) is 0 Å². The predicted molar refractivity (Wildman–Crippen MR) is 107 cm³/mol. The van der Waals surface area contributed by atoms with E-state index in [1.165, 1.54) is 31.0 Å². The van der Waals surface area contributed by atoms with E-state index < -0.39 is 10.0 Å². The van der Waals surface area contributed by atoms with E-state index in [0.29, 0.717) is 28.6 Å². The van der Waals surface area contributed by atoms with Gasteiger partial charge in [-0.15, -0.1) is 0 Å². The minimum absolute atomic E-state index is 0.243. The number of nitriles is 1. The van der Waals surface area contributed by atoms with Crippen LogP contribution in [0, 0.1) is 29.2 Å². The highest BCUT2D eigenvalue weighted by Gasteiger charge is 2.52. The lowest BCUT2D eigenvalue weighted by molar-refractivity contribution is -0.00810. The van der Waals surface area contributed by atoms with Crippen molar-refractivity contribution in [3.05, 3.63) is 24.3 Å². The van der Waals surface area contributed by atoms with Gasteiger partial charge in [0, 0.05) is 5.54 Å². The van der Waals surface area contributed by atoms with Crippen LogP contribution in [0.5, 0.6) is 0 Å². The Bertz CT molecular complexity index is 852. The number of nitrogens with one attached hydrogen (secondary N) is 2. The molecule has 0 aliphatic heterocycles. The van der Waals surface area contributed by atoms with Crippen LogP contribution in [0.15, 0.2) is 34.2 Å². The third kappa shape index (κ3) is 3.86. The van der Waals surface area contributed by atoms with Gasteiger partial charge < -0.3 is 0 Å². The van der Waals surface area contributed by atoms with Crippen molar-refractivity contribution < 1.29 is 8.42 Å². The summed E-state index contributed by atoms with van der Waals surface area (Å²) in [6.07, 6.45) is 10.4. The molecule has 0 aromatic heterocycles. The molecule has 0 amide bonds. The highest BCUT2D eigenvalue weighted by Crippen LogP contribution is 2.55. The fourth-order valence-corrected chi connectivity index (χ4v) is 7.35. The second kappa shape index (κ2) is 7.12. The van der Waals surface area contributed by atoms with Crippen LogP contribution in [-0.2, 0) is 10.0 Å². The molecule has 27 heavy (non-hydrogen) atoms. The van der Waals surface area contributed by atoms with Crippen LogP contribution in [0.4, 0.5) is 5.69 Å². The number of thioether (sulfide) groups is 1. The number of benzene rings is 1. The lowest BCUT2D eigenvalue weighted by Crippen LogP contribution is -2.59. The van der Waals surface area contributed by atoms with E-state index in [0.717, 1.165) is 19.3 Å². The lowest BCUT2D eigenvalue weighted by atomic mass is 9.53. The van der Waals surface area contributed by atoms with Gasteiger partial charge in [0.15, 0.2) is 11.4 Å². The lowest BCUT2D eigenvalue weighted by Gasteiger charge is -2.56. The van der Waals surface area contributed by atoms with Crippen molar-refractivity contribution >= 4 is 32.6 Å². The topological polar surface area (TPSA) is 94.3 Å². The molecule has 5 rings (SSSR count).